The Hall–Kier alpha value is -1.80. The summed E-state index contributed by atoms with van der Waals surface area (Å²) < 4.78 is 11.0. The molecule has 1 aromatic carbocycles. The van der Waals surface area contributed by atoms with E-state index < -0.39 is 0 Å². The number of hydrogen-bond acceptors (Lipinski definition) is 4. The summed E-state index contributed by atoms with van der Waals surface area (Å²) in [6, 6.07) is 5.68. The van der Waals surface area contributed by atoms with Crippen LogP contribution in [0.5, 0.6) is 5.75 Å². The monoisotopic (exact) mass is 262 g/mol. The van der Waals surface area contributed by atoms with Gasteiger partial charge >= 0.3 is 5.69 Å². The van der Waals surface area contributed by atoms with Gasteiger partial charge in [-0.3, -0.25) is 0 Å². The van der Waals surface area contributed by atoms with E-state index in [0.29, 0.717) is 18.0 Å². The molecular formula is C14H20N3O2+. The van der Waals surface area contributed by atoms with Crippen LogP contribution in [0.4, 0.5) is 11.4 Å². The summed E-state index contributed by atoms with van der Waals surface area (Å²) in [6.45, 7) is 6.01. The topological polar surface area (TPSA) is 49.9 Å². The third-order valence-corrected chi connectivity index (χ3v) is 3.18. The average Bonchev–Trinajstić information content (AvgIpc) is 2.48. The van der Waals surface area contributed by atoms with Crippen molar-refractivity contribution in [1.82, 2.24) is 0 Å². The molecule has 1 saturated heterocycles. The van der Waals surface area contributed by atoms with Gasteiger partial charge in [0, 0.05) is 30.9 Å². The highest BCUT2D eigenvalue weighted by molar-refractivity contribution is 5.65. The molecule has 1 fully saturated rings. The highest BCUT2D eigenvalue weighted by Gasteiger charge is 2.19. The second-order valence-electron chi connectivity index (χ2n) is 4.55. The van der Waals surface area contributed by atoms with Crippen molar-refractivity contribution in [2.45, 2.75) is 19.8 Å². The van der Waals surface area contributed by atoms with Crippen molar-refractivity contribution >= 4 is 11.4 Å². The molecule has 102 valence electrons. The van der Waals surface area contributed by atoms with Crippen LogP contribution in [0.3, 0.4) is 0 Å². The second-order valence-corrected chi connectivity index (χ2v) is 4.55. The van der Waals surface area contributed by atoms with Crippen LogP contribution in [0.1, 0.15) is 19.8 Å². The first-order valence-electron chi connectivity index (χ1n) is 6.79. The van der Waals surface area contributed by atoms with Crippen LogP contribution in [-0.2, 0) is 4.74 Å². The van der Waals surface area contributed by atoms with Crippen LogP contribution in [0.2, 0.25) is 0 Å². The third-order valence-electron chi connectivity index (χ3n) is 3.18. The van der Waals surface area contributed by atoms with Crippen molar-refractivity contribution in [2.75, 3.05) is 37.8 Å². The van der Waals surface area contributed by atoms with Crippen molar-refractivity contribution in [2.24, 2.45) is 0 Å². The largest absolute Gasteiger partial charge is 0.486 e. The van der Waals surface area contributed by atoms with E-state index in [9.17, 15) is 0 Å². The summed E-state index contributed by atoms with van der Waals surface area (Å²) in [5.74, 6) is 0.639. The van der Waals surface area contributed by atoms with E-state index in [-0.39, 0.29) is 0 Å². The van der Waals surface area contributed by atoms with Crippen molar-refractivity contribution in [1.29, 1.82) is 5.39 Å². The van der Waals surface area contributed by atoms with Crippen LogP contribution in [-0.4, -0.2) is 32.9 Å². The molecule has 0 aromatic heterocycles. The Morgan fingerprint density at radius 1 is 1.37 bits per heavy atom. The van der Waals surface area contributed by atoms with E-state index >= 15 is 0 Å². The molecule has 5 heteroatoms. The van der Waals surface area contributed by atoms with Gasteiger partial charge in [-0.25, -0.2) is 0 Å². The normalized spacial score (nSPS) is 15.1. The predicted octanol–water partition coefficient (Wildman–Crippen LogP) is 3.19. The van der Waals surface area contributed by atoms with Gasteiger partial charge in [0.15, 0.2) is 4.98 Å². The molecule has 0 amide bonds. The van der Waals surface area contributed by atoms with Crippen LogP contribution in [0.25, 0.3) is 4.98 Å². The van der Waals surface area contributed by atoms with Gasteiger partial charge in [0.25, 0.3) is 0 Å². The van der Waals surface area contributed by atoms with Crippen molar-refractivity contribution in [3.63, 3.8) is 0 Å². The molecule has 1 aliphatic heterocycles. The fourth-order valence-electron chi connectivity index (χ4n) is 2.05. The number of anilines is 1. The van der Waals surface area contributed by atoms with Crippen molar-refractivity contribution in [3.05, 3.63) is 23.2 Å². The smallest absolute Gasteiger partial charge is 0.426 e. The molecule has 0 unspecified atom stereocenters. The van der Waals surface area contributed by atoms with Gasteiger partial charge in [-0.05, 0) is 12.5 Å². The number of ether oxygens (including phenoxy) is 2. The molecule has 1 heterocycles. The minimum Gasteiger partial charge on any atom is -0.486 e. The highest BCUT2D eigenvalue weighted by atomic mass is 16.5. The number of rotatable bonds is 5. The molecule has 0 atom stereocenters. The summed E-state index contributed by atoms with van der Waals surface area (Å²) in [7, 11) is 0. The number of hydrogen-bond donors (Lipinski definition) is 0. The molecule has 0 bridgehead atoms. The van der Waals surface area contributed by atoms with E-state index in [4.69, 9.17) is 14.9 Å². The van der Waals surface area contributed by atoms with E-state index in [1.54, 1.807) is 6.07 Å². The SMILES string of the molecule is CCCCOc1cc(N2CCOCC2)ccc1[N+]#N. The van der Waals surface area contributed by atoms with Gasteiger partial charge in [-0.15, -0.1) is 0 Å². The maximum atomic E-state index is 8.99. The zero-order valence-electron chi connectivity index (χ0n) is 11.3. The van der Waals surface area contributed by atoms with Gasteiger partial charge in [0.2, 0.25) is 11.1 Å². The molecule has 0 radical (unpaired) electrons. The lowest BCUT2D eigenvalue weighted by Gasteiger charge is -2.28. The van der Waals surface area contributed by atoms with Crippen LogP contribution >= 0.6 is 0 Å². The fraction of sp³-hybridized carbons (Fsp3) is 0.571. The van der Waals surface area contributed by atoms with Gasteiger partial charge in [-0.1, -0.05) is 13.3 Å². The summed E-state index contributed by atoms with van der Waals surface area (Å²) in [4.78, 5) is 5.51. The summed E-state index contributed by atoms with van der Waals surface area (Å²) in [5, 5.41) is 8.99. The Bertz CT molecular complexity index is 450. The summed E-state index contributed by atoms with van der Waals surface area (Å²) in [6.07, 6.45) is 2.07. The number of benzene rings is 1. The quantitative estimate of drug-likeness (QED) is 0.604. The first-order chi connectivity index (χ1) is 9.35. The second kappa shape index (κ2) is 6.95. The van der Waals surface area contributed by atoms with Crippen molar-refractivity contribution < 1.29 is 9.47 Å². The molecule has 2 rings (SSSR count). The standard InChI is InChI=1S/C14H20N3O2/c1-2-3-8-19-14-11-12(4-5-13(14)16-15)17-6-9-18-10-7-17/h4-5,11H,2-3,6-10H2,1H3/q+1. The van der Waals surface area contributed by atoms with E-state index in [1.807, 2.05) is 12.1 Å². The first kappa shape index (κ1) is 13.6. The van der Waals surface area contributed by atoms with Crippen LogP contribution < -0.4 is 9.64 Å². The molecular weight excluding hydrogens is 242 g/mol. The molecule has 5 nitrogen and oxygen atoms in total. The van der Waals surface area contributed by atoms with E-state index in [1.165, 1.54) is 0 Å². The summed E-state index contributed by atoms with van der Waals surface area (Å²) in [5.41, 5.74) is 1.57. The molecule has 1 aliphatic rings. The minimum absolute atomic E-state index is 0.480. The van der Waals surface area contributed by atoms with Crippen LogP contribution in [0.15, 0.2) is 18.2 Å². The van der Waals surface area contributed by atoms with Crippen molar-refractivity contribution in [3.8, 4) is 5.75 Å². The molecule has 0 aliphatic carbocycles. The highest BCUT2D eigenvalue weighted by Crippen LogP contribution is 2.32. The lowest BCUT2D eigenvalue weighted by atomic mass is 10.2. The Morgan fingerprint density at radius 3 is 2.84 bits per heavy atom. The zero-order valence-corrected chi connectivity index (χ0v) is 11.3. The minimum atomic E-state index is 0.480. The van der Waals surface area contributed by atoms with E-state index in [2.05, 4.69) is 16.8 Å². The zero-order chi connectivity index (χ0) is 13.5. The lowest BCUT2D eigenvalue weighted by molar-refractivity contribution is 0.122. The Kier molecular flexibility index (Phi) is 4.99. The number of diazo groups is 1. The van der Waals surface area contributed by atoms with Gasteiger partial charge in [0.05, 0.1) is 19.8 Å². The molecule has 0 spiro atoms. The first-order valence-corrected chi connectivity index (χ1v) is 6.79. The predicted molar refractivity (Wildman–Crippen MR) is 74.6 cm³/mol. The Labute approximate surface area is 113 Å². The third kappa shape index (κ3) is 3.58. The molecule has 0 N–H and O–H groups in total. The fourth-order valence-corrected chi connectivity index (χ4v) is 2.05. The van der Waals surface area contributed by atoms with Gasteiger partial charge in [0.1, 0.15) is 0 Å². The number of unbranched alkanes of at least 4 members (excludes halogenated alkanes) is 1. The van der Waals surface area contributed by atoms with Gasteiger partial charge in [-0.2, -0.15) is 0 Å². The Balaban J connectivity index is 2.12. The maximum Gasteiger partial charge on any atom is 0.426 e. The van der Waals surface area contributed by atoms with Gasteiger partial charge < -0.3 is 14.4 Å². The average molecular weight is 262 g/mol. The lowest BCUT2D eigenvalue weighted by Crippen LogP contribution is -2.36. The summed E-state index contributed by atoms with van der Waals surface area (Å²) >= 11 is 0. The van der Waals surface area contributed by atoms with E-state index in [0.717, 1.165) is 44.8 Å². The molecule has 1 aromatic rings. The number of morpholine rings is 1. The molecule has 19 heavy (non-hydrogen) atoms. The molecule has 0 saturated carbocycles. The number of nitrogens with zero attached hydrogens (tertiary/aromatic N) is 3. The maximum absolute atomic E-state index is 8.99. The Morgan fingerprint density at radius 2 is 2.16 bits per heavy atom. The van der Waals surface area contributed by atoms with Crippen LogP contribution in [0, 0.1) is 5.39 Å².